The van der Waals surface area contributed by atoms with Gasteiger partial charge in [-0.25, -0.2) is 4.68 Å². The van der Waals surface area contributed by atoms with Crippen molar-refractivity contribution < 1.29 is 0 Å². The first-order chi connectivity index (χ1) is 8.34. The molecule has 0 unspecified atom stereocenters. The molecule has 1 aliphatic heterocycles. The van der Waals surface area contributed by atoms with Gasteiger partial charge in [0.1, 0.15) is 0 Å². The molecule has 0 aromatic carbocycles. The van der Waals surface area contributed by atoms with E-state index in [1.807, 2.05) is 7.05 Å². The van der Waals surface area contributed by atoms with Crippen molar-refractivity contribution in [3.05, 3.63) is 0 Å². The number of nitrogens with one attached hydrogen (secondary N) is 1. The van der Waals surface area contributed by atoms with Crippen molar-refractivity contribution in [2.24, 2.45) is 13.0 Å². The van der Waals surface area contributed by atoms with Crippen LogP contribution in [0.4, 0.5) is 5.95 Å². The van der Waals surface area contributed by atoms with Crippen LogP contribution in [0.3, 0.4) is 0 Å². The van der Waals surface area contributed by atoms with Crippen molar-refractivity contribution in [1.29, 1.82) is 0 Å². The molecule has 2 fully saturated rings. The van der Waals surface area contributed by atoms with Crippen LogP contribution in [0.25, 0.3) is 0 Å². The van der Waals surface area contributed by atoms with Crippen LogP contribution < -0.4 is 10.2 Å². The van der Waals surface area contributed by atoms with E-state index in [2.05, 4.69) is 25.7 Å². The lowest BCUT2D eigenvalue weighted by Crippen LogP contribution is -2.38. The molecule has 2 aliphatic rings. The average molecular weight is 236 g/mol. The molecule has 6 nitrogen and oxygen atoms in total. The Morgan fingerprint density at radius 1 is 1.29 bits per heavy atom. The zero-order chi connectivity index (χ0) is 11.7. The van der Waals surface area contributed by atoms with Crippen LogP contribution in [-0.2, 0) is 7.05 Å². The highest BCUT2D eigenvalue weighted by Crippen LogP contribution is 2.31. The van der Waals surface area contributed by atoms with E-state index in [1.54, 1.807) is 4.68 Å². The zero-order valence-corrected chi connectivity index (χ0v) is 10.3. The summed E-state index contributed by atoms with van der Waals surface area (Å²) in [6, 6.07) is 0.676. The molecule has 0 radical (unpaired) electrons. The second-order valence-electron chi connectivity index (χ2n) is 5.18. The highest BCUT2D eigenvalue weighted by atomic mass is 15.6. The molecular weight excluding hydrogens is 216 g/mol. The van der Waals surface area contributed by atoms with Gasteiger partial charge in [-0.1, -0.05) is 5.10 Å². The van der Waals surface area contributed by atoms with Crippen LogP contribution in [0.1, 0.15) is 25.7 Å². The number of tetrazole rings is 1. The van der Waals surface area contributed by atoms with Crippen molar-refractivity contribution in [3.8, 4) is 0 Å². The number of aromatic nitrogens is 4. The molecule has 17 heavy (non-hydrogen) atoms. The maximum Gasteiger partial charge on any atom is 0.245 e. The van der Waals surface area contributed by atoms with Gasteiger partial charge < -0.3 is 10.2 Å². The second-order valence-corrected chi connectivity index (χ2v) is 5.18. The molecule has 1 saturated carbocycles. The lowest BCUT2D eigenvalue weighted by atomic mass is 9.97. The summed E-state index contributed by atoms with van der Waals surface area (Å²) >= 11 is 0. The number of hydrogen-bond donors (Lipinski definition) is 1. The molecule has 1 saturated heterocycles. The third-order valence-corrected chi connectivity index (χ3v) is 3.76. The van der Waals surface area contributed by atoms with Crippen LogP contribution in [0.15, 0.2) is 0 Å². The average Bonchev–Trinajstić information content (AvgIpc) is 3.11. The molecule has 1 aliphatic carbocycles. The van der Waals surface area contributed by atoms with E-state index in [0.717, 1.165) is 31.5 Å². The maximum absolute atomic E-state index is 4.16. The summed E-state index contributed by atoms with van der Waals surface area (Å²) in [5.41, 5.74) is 0. The Kier molecular flexibility index (Phi) is 2.96. The minimum absolute atomic E-state index is 0.676. The smallest absolute Gasteiger partial charge is 0.245 e. The molecule has 1 aromatic heterocycles. The van der Waals surface area contributed by atoms with Crippen LogP contribution in [0, 0.1) is 5.92 Å². The summed E-state index contributed by atoms with van der Waals surface area (Å²) in [4.78, 5) is 2.41. The van der Waals surface area contributed by atoms with Crippen molar-refractivity contribution >= 4 is 5.95 Å². The molecule has 0 spiro atoms. The summed E-state index contributed by atoms with van der Waals surface area (Å²) in [6.45, 7) is 3.42. The van der Waals surface area contributed by atoms with E-state index in [1.165, 1.54) is 25.7 Å². The van der Waals surface area contributed by atoms with Crippen LogP contribution in [0.5, 0.6) is 0 Å². The Balaban J connectivity index is 1.69. The first-order valence-electron chi connectivity index (χ1n) is 6.54. The van der Waals surface area contributed by atoms with Crippen LogP contribution >= 0.6 is 0 Å². The molecule has 0 amide bonds. The van der Waals surface area contributed by atoms with E-state index in [9.17, 15) is 0 Å². The first kappa shape index (κ1) is 11.0. The summed E-state index contributed by atoms with van der Waals surface area (Å²) < 4.78 is 1.79. The number of piperidine rings is 1. The Hall–Kier alpha value is -1.17. The van der Waals surface area contributed by atoms with Gasteiger partial charge in [0.25, 0.3) is 0 Å². The summed E-state index contributed by atoms with van der Waals surface area (Å²) in [6.07, 6.45) is 5.12. The fourth-order valence-electron chi connectivity index (χ4n) is 2.59. The molecular formula is C11H20N6. The van der Waals surface area contributed by atoms with Gasteiger partial charge in [-0.05, 0) is 55.1 Å². The third kappa shape index (κ3) is 2.41. The molecule has 94 valence electrons. The Morgan fingerprint density at radius 3 is 2.65 bits per heavy atom. The first-order valence-corrected chi connectivity index (χ1v) is 6.54. The van der Waals surface area contributed by atoms with Gasteiger partial charge in [0.05, 0.1) is 0 Å². The van der Waals surface area contributed by atoms with E-state index in [0.29, 0.717) is 6.04 Å². The molecule has 0 atom stereocenters. The van der Waals surface area contributed by atoms with E-state index >= 15 is 0 Å². The Labute approximate surface area is 101 Å². The Bertz CT molecular complexity index is 366. The van der Waals surface area contributed by atoms with Crippen LogP contribution in [0.2, 0.25) is 0 Å². The number of aryl methyl sites for hydroxylation is 1. The van der Waals surface area contributed by atoms with Crippen molar-refractivity contribution in [2.75, 3.05) is 24.5 Å². The van der Waals surface area contributed by atoms with Gasteiger partial charge in [-0.15, -0.1) is 0 Å². The number of anilines is 1. The summed E-state index contributed by atoms with van der Waals surface area (Å²) in [5, 5.41) is 15.3. The SMILES string of the molecule is Cn1nnnc1N(CC1CCNCC1)C1CC1. The molecule has 1 N–H and O–H groups in total. The van der Waals surface area contributed by atoms with Gasteiger partial charge in [0.15, 0.2) is 0 Å². The topological polar surface area (TPSA) is 58.9 Å². The highest BCUT2D eigenvalue weighted by Gasteiger charge is 2.33. The van der Waals surface area contributed by atoms with E-state index < -0.39 is 0 Å². The second kappa shape index (κ2) is 4.60. The fraction of sp³-hybridized carbons (Fsp3) is 0.909. The van der Waals surface area contributed by atoms with Crippen molar-refractivity contribution in [2.45, 2.75) is 31.7 Å². The zero-order valence-electron chi connectivity index (χ0n) is 10.3. The summed E-state index contributed by atoms with van der Waals surface area (Å²) in [5.74, 6) is 1.72. The molecule has 0 bridgehead atoms. The normalized spacial score (nSPS) is 21.7. The monoisotopic (exact) mass is 236 g/mol. The molecule has 1 aromatic rings. The third-order valence-electron chi connectivity index (χ3n) is 3.76. The summed E-state index contributed by atoms with van der Waals surface area (Å²) in [7, 11) is 1.92. The standard InChI is InChI=1S/C11H20N6/c1-16-11(13-14-15-16)17(10-2-3-10)8-9-4-6-12-7-5-9/h9-10,12H,2-8H2,1H3. The quantitative estimate of drug-likeness (QED) is 0.808. The van der Waals surface area contributed by atoms with Gasteiger partial charge in [-0.3, -0.25) is 0 Å². The van der Waals surface area contributed by atoms with Gasteiger partial charge in [-0.2, -0.15) is 0 Å². The lowest BCUT2D eigenvalue weighted by Gasteiger charge is -2.30. The molecule has 2 heterocycles. The van der Waals surface area contributed by atoms with Gasteiger partial charge in [0.2, 0.25) is 5.95 Å². The highest BCUT2D eigenvalue weighted by molar-refractivity contribution is 5.32. The largest absolute Gasteiger partial charge is 0.336 e. The number of rotatable bonds is 4. The number of hydrogen-bond acceptors (Lipinski definition) is 5. The van der Waals surface area contributed by atoms with E-state index in [4.69, 9.17) is 0 Å². The van der Waals surface area contributed by atoms with Gasteiger partial charge >= 0.3 is 0 Å². The predicted octanol–water partition coefficient (Wildman–Crippen LogP) is 0.178. The predicted molar refractivity (Wildman–Crippen MR) is 64.8 cm³/mol. The van der Waals surface area contributed by atoms with Gasteiger partial charge in [0, 0.05) is 19.6 Å². The van der Waals surface area contributed by atoms with Crippen LogP contribution in [-0.4, -0.2) is 45.9 Å². The van der Waals surface area contributed by atoms with Crippen molar-refractivity contribution in [3.63, 3.8) is 0 Å². The van der Waals surface area contributed by atoms with Crippen molar-refractivity contribution in [1.82, 2.24) is 25.5 Å². The maximum atomic E-state index is 4.16. The number of nitrogens with zero attached hydrogens (tertiary/aromatic N) is 5. The Morgan fingerprint density at radius 2 is 2.06 bits per heavy atom. The fourth-order valence-corrected chi connectivity index (χ4v) is 2.59. The van der Waals surface area contributed by atoms with E-state index in [-0.39, 0.29) is 0 Å². The minimum atomic E-state index is 0.676. The molecule has 6 heteroatoms. The lowest BCUT2D eigenvalue weighted by molar-refractivity contribution is 0.370. The molecule has 3 rings (SSSR count). The minimum Gasteiger partial charge on any atom is -0.336 e.